The molecule has 1 aliphatic heterocycles. The van der Waals surface area contributed by atoms with Gasteiger partial charge >= 0.3 is 0 Å². The predicted octanol–water partition coefficient (Wildman–Crippen LogP) is 2.77. The lowest BCUT2D eigenvalue weighted by atomic mass is 10.1. The van der Waals surface area contributed by atoms with Crippen LogP contribution in [0.5, 0.6) is 0 Å². The molecule has 0 amide bonds. The molecule has 0 aliphatic carbocycles. The van der Waals surface area contributed by atoms with Crippen molar-refractivity contribution in [1.29, 1.82) is 5.26 Å². The van der Waals surface area contributed by atoms with Gasteiger partial charge < -0.3 is 4.57 Å². The fraction of sp³-hybridized carbons (Fsp3) is 0.467. The number of aromatic nitrogens is 2. The highest BCUT2D eigenvalue weighted by Gasteiger charge is 2.23. The molecular weight excluding hydrogens is 306 g/mol. The van der Waals surface area contributed by atoms with Gasteiger partial charge in [-0.15, -0.1) is 11.6 Å². The summed E-state index contributed by atoms with van der Waals surface area (Å²) >= 11 is 5.90. The first-order valence-corrected chi connectivity index (χ1v) is 9.07. The van der Waals surface area contributed by atoms with E-state index in [9.17, 15) is 4.21 Å². The molecule has 0 saturated carbocycles. The smallest absolute Gasteiger partial charge is 0.111 e. The Morgan fingerprint density at radius 1 is 1.43 bits per heavy atom. The number of halogens is 1. The summed E-state index contributed by atoms with van der Waals surface area (Å²) in [6.45, 7) is 0. The minimum absolute atomic E-state index is 0.305. The molecule has 110 valence electrons. The zero-order valence-corrected chi connectivity index (χ0v) is 13.2. The van der Waals surface area contributed by atoms with Gasteiger partial charge in [-0.2, -0.15) is 5.26 Å². The minimum Gasteiger partial charge on any atom is -0.325 e. The lowest BCUT2D eigenvalue weighted by Gasteiger charge is -2.25. The quantitative estimate of drug-likeness (QED) is 0.817. The minimum atomic E-state index is -0.685. The topological polar surface area (TPSA) is 58.7 Å². The maximum Gasteiger partial charge on any atom is 0.111 e. The van der Waals surface area contributed by atoms with Gasteiger partial charge in [-0.1, -0.05) is 0 Å². The molecule has 21 heavy (non-hydrogen) atoms. The summed E-state index contributed by atoms with van der Waals surface area (Å²) in [5.41, 5.74) is 2.54. The second kappa shape index (κ2) is 6.17. The van der Waals surface area contributed by atoms with Crippen molar-refractivity contribution in [2.75, 3.05) is 17.4 Å². The molecule has 0 unspecified atom stereocenters. The van der Waals surface area contributed by atoms with Crippen LogP contribution < -0.4 is 0 Å². The molecule has 1 saturated heterocycles. The van der Waals surface area contributed by atoms with E-state index in [0.717, 1.165) is 41.2 Å². The van der Waals surface area contributed by atoms with E-state index in [-0.39, 0.29) is 0 Å². The normalized spacial score (nSPS) is 22.3. The molecular formula is C15H16ClN3OS. The van der Waals surface area contributed by atoms with Gasteiger partial charge in [-0.25, -0.2) is 4.98 Å². The van der Waals surface area contributed by atoms with Crippen molar-refractivity contribution in [2.45, 2.75) is 25.3 Å². The van der Waals surface area contributed by atoms with Crippen LogP contribution in [-0.2, 0) is 17.2 Å². The lowest BCUT2D eigenvalue weighted by Crippen LogP contribution is -2.23. The van der Waals surface area contributed by atoms with Crippen LogP contribution in [0.1, 0.15) is 30.3 Å². The number of fused-ring (bicyclic) bond motifs is 1. The lowest BCUT2D eigenvalue weighted by molar-refractivity contribution is 0.459. The first kappa shape index (κ1) is 14.6. The third kappa shape index (κ3) is 2.83. The number of benzene rings is 1. The molecule has 1 aromatic carbocycles. The van der Waals surface area contributed by atoms with Crippen LogP contribution in [-0.4, -0.2) is 31.1 Å². The molecule has 1 fully saturated rings. The fourth-order valence-corrected chi connectivity index (χ4v) is 4.36. The average molecular weight is 322 g/mol. The van der Waals surface area contributed by atoms with E-state index in [2.05, 4.69) is 15.6 Å². The predicted molar refractivity (Wildman–Crippen MR) is 85.0 cm³/mol. The van der Waals surface area contributed by atoms with Gasteiger partial charge in [0.2, 0.25) is 0 Å². The van der Waals surface area contributed by atoms with Gasteiger partial charge in [-0.05, 0) is 31.0 Å². The number of nitrogens with zero attached hydrogens (tertiary/aromatic N) is 3. The Morgan fingerprint density at radius 2 is 2.19 bits per heavy atom. The largest absolute Gasteiger partial charge is 0.325 e. The third-order valence-corrected chi connectivity index (χ3v) is 5.50. The van der Waals surface area contributed by atoms with E-state index < -0.39 is 10.8 Å². The number of imidazole rings is 1. The van der Waals surface area contributed by atoms with Crippen LogP contribution in [0.4, 0.5) is 0 Å². The van der Waals surface area contributed by atoms with Crippen molar-refractivity contribution in [2.24, 2.45) is 0 Å². The maximum atomic E-state index is 11.6. The van der Waals surface area contributed by atoms with E-state index >= 15 is 0 Å². The SMILES string of the molecule is N#Cc1ccc2nc(CCCl)n(C3CCS(=O)CC3)c2c1. The maximum absolute atomic E-state index is 11.6. The zero-order chi connectivity index (χ0) is 14.8. The van der Waals surface area contributed by atoms with Crippen LogP contribution in [0, 0.1) is 11.3 Å². The Morgan fingerprint density at radius 3 is 2.86 bits per heavy atom. The fourth-order valence-electron chi connectivity index (χ4n) is 2.92. The van der Waals surface area contributed by atoms with Gasteiger partial charge in [0.15, 0.2) is 0 Å². The highest BCUT2D eigenvalue weighted by atomic mass is 35.5. The van der Waals surface area contributed by atoms with E-state index in [1.165, 1.54) is 0 Å². The number of hydrogen-bond donors (Lipinski definition) is 0. The summed E-state index contributed by atoms with van der Waals surface area (Å²) < 4.78 is 13.8. The van der Waals surface area contributed by atoms with Crippen LogP contribution in [0.3, 0.4) is 0 Å². The molecule has 0 radical (unpaired) electrons. The molecule has 1 aromatic heterocycles. The Balaban J connectivity index is 2.10. The first-order chi connectivity index (χ1) is 10.2. The van der Waals surface area contributed by atoms with E-state index in [1.807, 2.05) is 12.1 Å². The van der Waals surface area contributed by atoms with Gasteiger partial charge in [0.25, 0.3) is 0 Å². The monoisotopic (exact) mass is 321 g/mol. The summed E-state index contributed by atoms with van der Waals surface area (Å²) in [4.78, 5) is 4.67. The van der Waals surface area contributed by atoms with Gasteiger partial charge in [0, 0.05) is 40.6 Å². The number of nitriles is 1. The first-order valence-electron chi connectivity index (χ1n) is 7.05. The Kier molecular flexibility index (Phi) is 4.27. The molecule has 3 rings (SSSR count). The Bertz CT molecular complexity index is 724. The molecule has 2 aromatic rings. The van der Waals surface area contributed by atoms with E-state index in [0.29, 0.717) is 23.9 Å². The second-order valence-corrected chi connectivity index (χ2v) is 7.31. The summed E-state index contributed by atoms with van der Waals surface area (Å²) in [5.74, 6) is 2.96. The summed E-state index contributed by atoms with van der Waals surface area (Å²) in [5, 5.41) is 9.10. The molecule has 0 N–H and O–H groups in total. The van der Waals surface area contributed by atoms with Crippen LogP contribution in [0.25, 0.3) is 11.0 Å². The number of hydrogen-bond acceptors (Lipinski definition) is 3. The second-order valence-electron chi connectivity index (χ2n) is 5.23. The average Bonchev–Trinajstić information content (AvgIpc) is 2.85. The van der Waals surface area contributed by atoms with E-state index in [1.54, 1.807) is 6.07 Å². The van der Waals surface area contributed by atoms with Crippen molar-refractivity contribution < 1.29 is 4.21 Å². The molecule has 0 spiro atoms. The standard InChI is InChI=1S/C15H16ClN3OS/c16-6-3-15-18-13-2-1-11(10-17)9-14(13)19(15)12-4-7-21(20)8-5-12/h1-2,9,12H,3-8H2. The van der Waals surface area contributed by atoms with Gasteiger partial charge in [0.05, 0.1) is 22.7 Å². The van der Waals surface area contributed by atoms with Crippen molar-refractivity contribution in [1.82, 2.24) is 9.55 Å². The summed E-state index contributed by atoms with van der Waals surface area (Å²) in [6, 6.07) is 8.07. The van der Waals surface area contributed by atoms with Crippen molar-refractivity contribution in [3.05, 3.63) is 29.6 Å². The molecule has 0 bridgehead atoms. The molecule has 0 atom stereocenters. The number of aryl methyl sites for hydroxylation is 1. The van der Waals surface area contributed by atoms with Crippen LogP contribution in [0.15, 0.2) is 18.2 Å². The molecule has 2 heterocycles. The molecule has 6 heteroatoms. The molecule has 4 nitrogen and oxygen atoms in total. The van der Waals surface area contributed by atoms with Crippen molar-refractivity contribution in [3.8, 4) is 6.07 Å². The molecule has 1 aliphatic rings. The van der Waals surface area contributed by atoms with Crippen molar-refractivity contribution in [3.63, 3.8) is 0 Å². The van der Waals surface area contributed by atoms with Gasteiger partial charge in [-0.3, -0.25) is 4.21 Å². The third-order valence-electron chi connectivity index (χ3n) is 3.93. The Labute approximate surface area is 131 Å². The summed E-state index contributed by atoms with van der Waals surface area (Å²) in [7, 11) is -0.685. The van der Waals surface area contributed by atoms with Crippen LogP contribution in [0.2, 0.25) is 0 Å². The number of alkyl halides is 1. The number of rotatable bonds is 3. The summed E-state index contributed by atoms with van der Waals surface area (Å²) in [6.07, 6.45) is 2.49. The van der Waals surface area contributed by atoms with Gasteiger partial charge in [0.1, 0.15) is 5.82 Å². The Hall–Kier alpha value is -1.38. The van der Waals surface area contributed by atoms with Crippen molar-refractivity contribution >= 4 is 33.4 Å². The zero-order valence-electron chi connectivity index (χ0n) is 11.6. The highest BCUT2D eigenvalue weighted by molar-refractivity contribution is 7.85. The van der Waals surface area contributed by atoms with Crippen LogP contribution >= 0.6 is 11.6 Å². The highest BCUT2D eigenvalue weighted by Crippen LogP contribution is 2.29. The van der Waals surface area contributed by atoms with E-state index in [4.69, 9.17) is 16.9 Å².